The van der Waals surface area contributed by atoms with Gasteiger partial charge in [-0.2, -0.15) is 0 Å². The molecule has 0 aliphatic rings. The van der Waals surface area contributed by atoms with Crippen molar-refractivity contribution in [2.75, 3.05) is 7.11 Å². The smallest absolute Gasteiger partial charge is 0.225 e. The maximum Gasteiger partial charge on any atom is 0.225 e. The van der Waals surface area contributed by atoms with Crippen LogP contribution in [0, 0.1) is 0 Å². The van der Waals surface area contributed by atoms with E-state index in [1.807, 2.05) is 18.2 Å². The second-order valence-corrected chi connectivity index (χ2v) is 5.68. The summed E-state index contributed by atoms with van der Waals surface area (Å²) >= 11 is 6.40. The SMILES string of the molecule is COc1ncnc2nc(Cl)c(-c3ccccc3C(C)C)cc12. The molecular formula is C17H16ClN3O. The molecule has 1 aromatic carbocycles. The van der Waals surface area contributed by atoms with Gasteiger partial charge in [0.2, 0.25) is 5.88 Å². The maximum atomic E-state index is 6.40. The van der Waals surface area contributed by atoms with E-state index in [1.54, 1.807) is 7.11 Å². The zero-order valence-corrected chi connectivity index (χ0v) is 13.4. The Morgan fingerprint density at radius 1 is 1.09 bits per heavy atom. The van der Waals surface area contributed by atoms with E-state index >= 15 is 0 Å². The molecule has 4 nitrogen and oxygen atoms in total. The second kappa shape index (κ2) is 5.89. The summed E-state index contributed by atoms with van der Waals surface area (Å²) in [5, 5.41) is 1.18. The third-order valence-corrected chi connectivity index (χ3v) is 3.90. The monoisotopic (exact) mass is 313 g/mol. The molecule has 0 radical (unpaired) electrons. The first kappa shape index (κ1) is 14.7. The zero-order valence-electron chi connectivity index (χ0n) is 12.7. The van der Waals surface area contributed by atoms with E-state index in [2.05, 4.69) is 40.9 Å². The number of hydrogen-bond acceptors (Lipinski definition) is 4. The van der Waals surface area contributed by atoms with Crippen molar-refractivity contribution in [1.82, 2.24) is 15.0 Å². The fourth-order valence-electron chi connectivity index (χ4n) is 2.54. The lowest BCUT2D eigenvalue weighted by Crippen LogP contribution is -1.97. The molecule has 2 aromatic heterocycles. The molecule has 0 saturated heterocycles. The van der Waals surface area contributed by atoms with Crippen LogP contribution in [0.1, 0.15) is 25.3 Å². The van der Waals surface area contributed by atoms with Crippen molar-refractivity contribution in [2.45, 2.75) is 19.8 Å². The average molecular weight is 314 g/mol. The number of rotatable bonds is 3. The van der Waals surface area contributed by atoms with Crippen molar-refractivity contribution in [1.29, 1.82) is 0 Å². The van der Waals surface area contributed by atoms with Crippen LogP contribution in [0.25, 0.3) is 22.2 Å². The van der Waals surface area contributed by atoms with Gasteiger partial charge in [0.05, 0.1) is 12.5 Å². The van der Waals surface area contributed by atoms with Crippen LogP contribution in [-0.2, 0) is 0 Å². The molecule has 0 amide bonds. The quantitative estimate of drug-likeness (QED) is 0.669. The molecule has 0 bridgehead atoms. The molecule has 3 aromatic rings. The van der Waals surface area contributed by atoms with Crippen LogP contribution in [0.3, 0.4) is 0 Å². The van der Waals surface area contributed by atoms with Crippen molar-refractivity contribution < 1.29 is 4.74 Å². The molecule has 2 heterocycles. The molecule has 0 aliphatic heterocycles. The number of aromatic nitrogens is 3. The first-order chi connectivity index (χ1) is 10.6. The lowest BCUT2D eigenvalue weighted by atomic mass is 9.93. The van der Waals surface area contributed by atoms with E-state index in [9.17, 15) is 0 Å². The summed E-state index contributed by atoms with van der Waals surface area (Å²) in [6.07, 6.45) is 1.42. The van der Waals surface area contributed by atoms with Gasteiger partial charge in [0.25, 0.3) is 0 Å². The minimum atomic E-state index is 0.386. The Morgan fingerprint density at radius 2 is 1.86 bits per heavy atom. The molecule has 0 atom stereocenters. The van der Waals surface area contributed by atoms with Gasteiger partial charge in [-0.25, -0.2) is 15.0 Å². The lowest BCUT2D eigenvalue weighted by molar-refractivity contribution is 0.402. The van der Waals surface area contributed by atoms with E-state index in [4.69, 9.17) is 16.3 Å². The third kappa shape index (κ3) is 2.50. The Bertz CT molecular complexity index is 833. The van der Waals surface area contributed by atoms with E-state index in [0.717, 1.165) is 16.5 Å². The topological polar surface area (TPSA) is 47.9 Å². The second-order valence-electron chi connectivity index (χ2n) is 5.32. The molecule has 0 aliphatic carbocycles. The molecule has 0 unspecified atom stereocenters. The van der Waals surface area contributed by atoms with Gasteiger partial charge in [-0.3, -0.25) is 0 Å². The highest BCUT2D eigenvalue weighted by Gasteiger charge is 2.15. The van der Waals surface area contributed by atoms with E-state index in [0.29, 0.717) is 22.6 Å². The van der Waals surface area contributed by atoms with Crippen LogP contribution in [0.5, 0.6) is 5.88 Å². The van der Waals surface area contributed by atoms with Crippen LogP contribution in [0.2, 0.25) is 5.15 Å². The molecule has 22 heavy (non-hydrogen) atoms. The highest BCUT2D eigenvalue weighted by molar-refractivity contribution is 6.32. The largest absolute Gasteiger partial charge is 0.480 e. The van der Waals surface area contributed by atoms with E-state index < -0.39 is 0 Å². The van der Waals surface area contributed by atoms with Crippen molar-refractivity contribution in [3.05, 3.63) is 47.4 Å². The van der Waals surface area contributed by atoms with E-state index in [1.165, 1.54) is 11.9 Å². The summed E-state index contributed by atoms with van der Waals surface area (Å²) in [5.74, 6) is 0.884. The molecule has 3 rings (SSSR count). The predicted octanol–water partition coefficient (Wildman–Crippen LogP) is 4.48. The molecule has 0 saturated carbocycles. The standard InChI is InChI=1S/C17H16ClN3O/c1-10(2)11-6-4-5-7-12(11)13-8-14-16(21-15(13)18)19-9-20-17(14)22-3/h4-10H,1-3H3. The van der Waals surface area contributed by atoms with Gasteiger partial charge in [-0.05, 0) is 23.1 Å². The summed E-state index contributed by atoms with van der Waals surface area (Å²) in [4.78, 5) is 12.7. The highest BCUT2D eigenvalue weighted by atomic mass is 35.5. The zero-order chi connectivity index (χ0) is 15.7. The Kier molecular flexibility index (Phi) is 3.94. The number of nitrogens with zero attached hydrogens (tertiary/aromatic N) is 3. The van der Waals surface area contributed by atoms with Gasteiger partial charge in [0, 0.05) is 5.56 Å². The number of fused-ring (bicyclic) bond motifs is 1. The lowest BCUT2D eigenvalue weighted by Gasteiger charge is -2.14. The maximum absolute atomic E-state index is 6.40. The number of ether oxygens (including phenoxy) is 1. The summed E-state index contributed by atoms with van der Waals surface area (Å²) in [6, 6.07) is 10.1. The molecule has 5 heteroatoms. The number of benzene rings is 1. The predicted molar refractivity (Wildman–Crippen MR) is 88.4 cm³/mol. The van der Waals surface area contributed by atoms with Crippen molar-refractivity contribution in [3.8, 4) is 17.0 Å². The van der Waals surface area contributed by atoms with Crippen molar-refractivity contribution in [3.63, 3.8) is 0 Å². The van der Waals surface area contributed by atoms with Gasteiger partial charge >= 0.3 is 0 Å². The number of methoxy groups -OCH3 is 1. The van der Waals surface area contributed by atoms with Crippen molar-refractivity contribution in [2.24, 2.45) is 0 Å². The summed E-state index contributed by atoms with van der Waals surface area (Å²) in [7, 11) is 1.58. The molecule has 0 spiro atoms. The normalized spacial score (nSPS) is 11.1. The molecule has 112 valence electrons. The van der Waals surface area contributed by atoms with Crippen LogP contribution in [0.15, 0.2) is 36.7 Å². The summed E-state index contributed by atoms with van der Waals surface area (Å²) in [5.41, 5.74) is 3.69. The Balaban J connectivity index is 2.30. The Hall–Kier alpha value is -2.20. The fourth-order valence-corrected chi connectivity index (χ4v) is 2.78. The third-order valence-electron chi connectivity index (χ3n) is 3.61. The van der Waals surface area contributed by atoms with E-state index in [-0.39, 0.29) is 0 Å². The minimum absolute atomic E-state index is 0.386. The highest BCUT2D eigenvalue weighted by Crippen LogP contribution is 2.35. The van der Waals surface area contributed by atoms with Crippen LogP contribution in [-0.4, -0.2) is 22.1 Å². The Labute approximate surface area is 134 Å². The van der Waals surface area contributed by atoms with Crippen LogP contribution in [0.4, 0.5) is 0 Å². The molecule has 0 fully saturated rings. The van der Waals surface area contributed by atoms with Gasteiger partial charge < -0.3 is 4.74 Å². The number of halogens is 1. The average Bonchev–Trinajstić information content (AvgIpc) is 2.53. The summed E-state index contributed by atoms with van der Waals surface area (Å²) in [6.45, 7) is 4.32. The van der Waals surface area contributed by atoms with Crippen LogP contribution < -0.4 is 4.74 Å². The summed E-state index contributed by atoms with van der Waals surface area (Å²) < 4.78 is 5.30. The fraction of sp³-hybridized carbons (Fsp3) is 0.235. The molecular weight excluding hydrogens is 298 g/mol. The van der Waals surface area contributed by atoms with Gasteiger partial charge in [-0.15, -0.1) is 0 Å². The van der Waals surface area contributed by atoms with Gasteiger partial charge in [-0.1, -0.05) is 49.7 Å². The number of hydrogen-bond donors (Lipinski definition) is 0. The first-order valence-electron chi connectivity index (χ1n) is 7.06. The van der Waals surface area contributed by atoms with Gasteiger partial charge in [0.15, 0.2) is 5.65 Å². The minimum Gasteiger partial charge on any atom is -0.480 e. The first-order valence-corrected chi connectivity index (χ1v) is 7.44. The Morgan fingerprint density at radius 3 is 2.59 bits per heavy atom. The van der Waals surface area contributed by atoms with Crippen molar-refractivity contribution >= 4 is 22.6 Å². The van der Waals surface area contributed by atoms with Gasteiger partial charge in [0.1, 0.15) is 11.5 Å². The molecule has 0 N–H and O–H groups in total. The number of pyridine rings is 1. The van der Waals surface area contributed by atoms with Crippen LogP contribution >= 0.6 is 11.6 Å².